The number of amides is 2. The molecule has 2 bridgehead atoms. The van der Waals surface area contributed by atoms with E-state index in [1.54, 1.807) is 0 Å². The fourth-order valence-electron chi connectivity index (χ4n) is 3.21. The van der Waals surface area contributed by atoms with E-state index < -0.39 is 0 Å². The second kappa shape index (κ2) is 4.08. The Hall–Kier alpha value is -1.84. The number of hydrogen-bond acceptors (Lipinski definition) is 3. The second-order valence-electron chi connectivity index (χ2n) is 5.71. The summed E-state index contributed by atoms with van der Waals surface area (Å²) in [6.07, 6.45) is 2.43. The van der Waals surface area contributed by atoms with Gasteiger partial charge in [0.25, 0.3) is 0 Å². The van der Waals surface area contributed by atoms with E-state index in [4.69, 9.17) is 5.73 Å². The van der Waals surface area contributed by atoms with Gasteiger partial charge in [-0.25, -0.2) is 4.90 Å². The van der Waals surface area contributed by atoms with Crippen LogP contribution in [0.4, 0.5) is 11.4 Å². The topological polar surface area (TPSA) is 63.4 Å². The van der Waals surface area contributed by atoms with Crippen LogP contribution in [0, 0.1) is 25.7 Å². The van der Waals surface area contributed by atoms with E-state index >= 15 is 0 Å². The van der Waals surface area contributed by atoms with Crippen molar-refractivity contribution in [2.45, 2.75) is 33.1 Å². The maximum atomic E-state index is 12.4. The number of nitrogen functional groups attached to an aromatic ring is 1. The monoisotopic (exact) mass is 258 g/mol. The third-order valence-corrected chi connectivity index (χ3v) is 4.40. The molecular formula is C15H18N2O2. The first-order valence-corrected chi connectivity index (χ1v) is 6.73. The van der Waals surface area contributed by atoms with Gasteiger partial charge in [-0.05, 0) is 56.4 Å². The molecule has 1 heterocycles. The number of aryl methyl sites for hydroxylation is 2. The Morgan fingerprint density at radius 3 is 2.21 bits per heavy atom. The molecule has 1 aromatic carbocycles. The minimum atomic E-state index is -0.0361. The van der Waals surface area contributed by atoms with Crippen molar-refractivity contribution in [3.63, 3.8) is 0 Å². The van der Waals surface area contributed by atoms with Gasteiger partial charge in [0, 0.05) is 17.5 Å². The zero-order valence-electron chi connectivity index (χ0n) is 11.3. The van der Waals surface area contributed by atoms with Gasteiger partial charge in [0.15, 0.2) is 0 Å². The van der Waals surface area contributed by atoms with E-state index in [2.05, 4.69) is 0 Å². The van der Waals surface area contributed by atoms with E-state index in [1.807, 2.05) is 26.0 Å². The number of fused-ring (bicyclic) bond motifs is 2. The van der Waals surface area contributed by atoms with Gasteiger partial charge in [-0.1, -0.05) is 0 Å². The van der Waals surface area contributed by atoms with Gasteiger partial charge in [-0.15, -0.1) is 0 Å². The lowest BCUT2D eigenvalue weighted by atomic mass is 9.95. The van der Waals surface area contributed by atoms with Crippen LogP contribution in [0.25, 0.3) is 0 Å². The predicted molar refractivity (Wildman–Crippen MR) is 73.7 cm³/mol. The molecule has 4 nitrogen and oxygen atoms in total. The standard InChI is InChI=1S/C15H18N2O2/c1-8-6-13(9(2)5-12(8)16)17-14(18)10-3-4-11(7-10)15(17)19/h5-6,10-11H,3-4,7,16H2,1-2H3. The molecule has 4 heteroatoms. The number of carbonyl (C=O) groups is 2. The lowest BCUT2D eigenvalue weighted by molar-refractivity contribution is -0.133. The number of nitrogens with zero attached hydrogens (tertiary/aromatic N) is 1. The molecule has 1 aromatic rings. The Kier molecular flexibility index (Phi) is 2.62. The van der Waals surface area contributed by atoms with Crippen LogP contribution < -0.4 is 10.6 Å². The normalized spacial score (nSPS) is 26.1. The number of carbonyl (C=O) groups excluding carboxylic acids is 2. The van der Waals surface area contributed by atoms with Crippen LogP contribution in [0.15, 0.2) is 12.1 Å². The highest BCUT2D eigenvalue weighted by atomic mass is 16.2. The summed E-state index contributed by atoms with van der Waals surface area (Å²) in [4.78, 5) is 26.2. The molecule has 19 heavy (non-hydrogen) atoms. The van der Waals surface area contributed by atoms with E-state index in [1.165, 1.54) is 4.90 Å². The van der Waals surface area contributed by atoms with Gasteiger partial charge in [-0.2, -0.15) is 0 Å². The third-order valence-electron chi connectivity index (χ3n) is 4.40. The van der Waals surface area contributed by atoms with Crippen LogP contribution in [0.2, 0.25) is 0 Å². The summed E-state index contributed by atoms with van der Waals surface area (Å²) >= 11 is 0. The minimum Gasteiger partial charge on any atom is -0.399 e. The number of imide groups is 1. The first kappa shape index (κ1) is 12.2. The Labute approximate surface area is 112 Å². The fraction of sp³-hybridized carbons (Fsp3) is 0.467. The van der Waals surface area contributed by atoms with Crippen LogP contribution in [-0.4, -0.2) is 11.8 Å². The van der Waals surface area contributed by atoms with Gasteiger partial charge in [0.1, 0.15) is 0 Å². The Morgan fingerprint density at radius 2 is 1.63 bits per heavy atom. The molecule has 2 unspecified atom stereocenters. The largest absolute Gasteiger partial charge is 0.399 e. The summed E-state index contributed by atoms with van der Waals surface area (Å²) < 4.78 is 0. The molecular weight excluding hydrogens is 240 g/mol. The molecule has 2 fully saturated rings. The van der Waals surface area contributed by atoms with Gasteiger partial charge in [0.2, 0.25) is 11.8 Å². The molecule has 3 rings (SSSR count). The summed E-state index contributed by atoms with van der Waals surface area (Å²) in [5.41, 5.74) is 9.05. The molecule has 0 aromatic heterocycles. The highest BCUT2D eigenvalue weighted by molar-refractivity contribution is 6.19. The van der Waals surface area contributed by atoms with E-state index in [0.29, 0.717) is 11.4 Å². The van der Waals surface area contributed by atoms with E-state index in [0.717, 1.165) is 30.4 Å². The molecule has 0 spiro atoms. The molecule has 1 saturated carbocycles. The summed E-state index contributed by atoms with van der Waals surface area (Å²) in [6, 6.07) is 3.69. The number of hydrogen-bond donors (Lipinski definition) is 1. The molecule has 2 atom stereocenters. The Morgan fingerprint density at radius 1 is 1.05 bits per heavy atom. The summed E-state index contributed by atoms with van der Waals surface area (Å²) in [5.74, 6) is -0.0167. The quantitative estimate of drug-likeness (QED) is 0.620. The SMILES string of the molecule is Cc1cc(N2C(=O)C3CCC(C3)C2=O)c(C)cc1N. The van der Waals surface area contributed by atoms with Crippen LogP contribution in [0.5, 0.6) is 0 Å². The van der Waals surface area contributed by atoms with Crippen molar-refractivity contribution in [3.8, 4) is 0 Å². The van der Waals surface area contributed by atoms with E-state index in [-0.39, 0.29) is 23.7 Å². The van der Waals surface area contributed by atoms with Crippen LogP contribution >= 0.6 is 0 Å². The Balaban J connectivity index is 2.08. The summed E-state index contributed by atoms with van der Waals surface area (Å²) in [5, 5.41) is 0. The molecule has 1 aliphatic carbocycles. The van der Waals surface area contributed by atoms with Crippen molar-refractivity contribution in [1.82, 2.24) is 0 Å². The zero-order chi connectivity index (χ0) is 13.7. The fourth-order valence-corrected chi connectivity index (χ4v) is 3.21. The van der Waals surface area contributed by atoms with Crippen molar-refractivity contribution in [1.29, 1.82) is 0 Å². The van der Waals surface area contributed by atoms with Gasteiger partial charge in [-0.3, -0.25) is 9.59 Å². The predicted octanol–water partition coefficient (Wildman–Crippen LogP) is 2.18. The van der Waals surface area contributed by atoms with Crippen LogP contribution in [-0.2, 0) is 9.59 Å². The average Bonchev–Trinajstić information content (AvgIpc) is 2.80. The number of nitrogens with two attached hydrogens (primary N) is 1. The number of rotatable bonds is 1. The summed E-state index contributed by atoms with van der Waals surface area (Å²) in [6.45, 7) is 3.79. The average molecular weight is 258 g/mol. The van der Waals surface area contributed by atoms with Gasteiger partial charge in [0.05, 0.1) is 5.69 Å². The molecule has 0 radical (unpaired) electrons. The smallest absolute Gasteiger partial charge is 0.236 e. The first-order valence-electron chi connectivity index (χ1n) is 6.73. The van der Waals surface area contributed by atoms with Crippen molar-refractivity contribution < 1.29 is 9.59 Å². The van der Waals surface area contributed by atoms with Crippen molar-refractivity contribution >= 4 is 23.2 Å². The molecule has 2 N–H and O–H groups in total. The van der Waals surface area contributed by atoms with Gasteiger partial charge < -0.3 is 5.73 Å². The maximum absolute atomic E-state index is 12.4. The Bertz CT molecular complexity index is 558. The van der Waals surface area contributed by atoms with Gasteiger partial charge >= 0.3 is 0 Å². The molecule has 1 saturated heterocycles. The van der Waals surface area contributed by atoms with Crippen LogP contribution in [0.1, 0.15) is 30.4 Å². The maximum Gasteiger partial charge on any atom is 0.236 e. The van der Waals surface area contributed by atoms with Crippen molar-refractivity contribution in [2.75, 3.05) is 10.6 Å². The highest BCUT2D eigenvalue weighted by Crippen LogP contribution is 2.41. The number of anilines is 2. The second-order valence-corrected chi connectivity index (χ2v) is 5.71. The molecule has 2 aliphatic rings. The zero-order valence-corrected chi connectivity index (χ0v) is 11.3. The molecule has 2 amide bonds. The summed E-state index contributed by atoms with van der Waals surface area (Å²) in [7, 11) is 0. The number of piperidine rings is 1. The third kappa shape index (κ3) is 1.74. The van der Waals surface area contributed by atoms with Crippen molar-refractivity contribution in [2.24, 2.45) is 11.8 Å². The lowest BCUT2D eigenvalue weighted by Gasteiger charge is -2.31. The van der Waals surface area contributed by atoms with E-state index in [9.17, 15) is 9.59 Å². The highest BCUT2D eigenvalue weighted by Gasteiger charge is 2.46. The molecule has 100 valence electrons. The first-order chi connectivity index (χ1) is 8.99. The number of benzene rings is 1. The lowest BCUT2D eigenvalue weighted by Crippen LogP contribution is -2.46. The van der Waals surface area contributed by atoms with Crippen LogP contribution in [0.3, 0.4) is 0 Å². The molecule has 1 aliphatic heterocycles. The van der Waals surface area contributed by atoms with Crippen molar-refractivity contribution in [3.05, 3.63) is 23.3 Å². The minimum absolute atomic E-state index is 0.0277.